The van der Waals surface area contributed by atoms with Gasteiger partial charge in [-0.05, 0) is 90.8 Å². The van der Waals surface area contributed by atoms with E-state index < -0.39 is 5.91 Å². The molecule has 1 amide bonds. The minimum Gasteiger partial charge on any atom is -0.451 e. The topological polar surface area (TPSA) is 80.3 Å². The maximum atomic E-state index is 12.8. The summed E-state index contributed by atoms with van der Waals surface area (Å²) in [6.45, 7) is 6.22. The zero-order valence-electron chi connectivity index (χ0n) is 20.8. The van der Waals surface area contributed by atoms with E-state index in [9.17, 15) is 4.79 Å². The first-order valence-corrected chi connectivity index (χ1v) is 13.0. The number of rotatable bonds is 5. The standard InChI is InChI=1S/C29H23Cl2N3O3S/c1-15(2)17-6-9-25-23(12-17)32-28(37-25)18-5-4-16(3)22(13-18)33-29(38)34-27(35)26-11-10-24(36-26)20-8-7-19(30)14-21(20)31/h4-15H,1-3H3,(H2,33,34,35,38). The zero-order chi connectivity index (χ0) is 27.0. The van der Waals surface area contributed by atoms with Gasteiger partial charge in [-0.3, -0.25) is 10.1 Å². The van der Waals surface area contributed by atoms with Gasteiger partial charge in [-0.1, -0.05) is 49.2 Å². The van der Waals surface area contributed by atoms with E-state index in [0.29, 0.717) is 38.9 Å². The molecule has 0 bridgehead atoms. The number of benzene rings is 3. The predicted octanol–water partition coefficient (Wildman–Crippen LogP) is 8.62. The fourth-order valence-electron chi connectivity index (χ4n) is 3.93. The molecule has 9 heteroatoms. The number of aryl methyl sites for hydroxylation is 1. The molecular formula is C29H23Cl2N3O3S. The Morgan fingerprint density at radius 3 is 2.55 bits per heavy atom. The van der Waals surface area contributed by atoms with Gasteiger partial charge in [-0.15, -0.1) is 0 Å². The van der Waals surface area contributed by atoms with Gasteiger partial charge in [0, 0.05) is 21.8 Å². The number of nitrogens with one attached hydrogen (secondary N) is 2. The van der Waals surface area contributed by atoms with Gasteiger partial charge in [0.1, 0.15) is 11.3 Å². The van der Waals surface area contributed by atoms with Crippen molar-refractivity contribution in [3.8, 4) is 22.8 Å². The second kappa shape index (κ2) is 10.6. The summed E-state index contributed by atoms with van der Waals surface area (Å²) in [5.41, 5.74) is 5.78. The first-order chi connectivity index (χ1) is 18.2. The molecule has 0 spiro atoms. The average Bonchev–Trinajstić information content (AvgIpc) is 3.52. The number of amides is 1. The summed E-state index contributed by atoms with van der Waals surface area (Å²) in [6, 6.07) is 20.1. The zero-order valence-corrected chi connectivity index (χ0v) is 23.1. The number of aromatic nitrogens is 1. The molecular weight excluding hydrogens is 541 g/mol. The van der Waals surface area contributed by atoms with Crippen molar-refractivity contribution in [2.75, 3.05) is 5.32 Å². The first-order valence-electron chi connectivity index (χ1n) is 11.9. The highest BCUT2D eigenvalue weighted by Gasteiger charge is 2.17. The van der Waals surface area contributed by atoms with Crippen LogP contribution >= 0.6 is 35.4 Å². The molecule has 3 aromatic carbocycles. The van der Waals surface area contributed by atoms with E-state index in [-0.39, 0.29) is 10.9 Å². The Morgan fingerprint density at radius 1 is 0.974 bits per heavy atom. The molecule has 0 saturated heterocycles. The molecule has 0 fully saturated rings. The maximum absolute atomic E-state index is 12.8. The number of anilines is 1. The van der Waals surface area contributed by atoms with Gasteiger partial charge in [-0.2, -0.15) is 0 Å². The Labute approximate surface area is 235 Å². The Balaban J connectivity index is 1.30. The lowest BCUT2D eigenvalue weighted by Crippen LogP contribution is -2.34. The van der Waals surface area contributed by atoms with Crippen molar-refractivity contribution in [1.82, 2.24) is 10.3 Å². The summed E-state index contributed by atoms with van der Waals surface area (Å²) in [6.07, 6.45) is 0. The summed E-state index contributed by atoms with van der Waals surface area (Å²) < 4.78 is 11.7. The highest BCUT2D eigenvalue weighted by molar-refractivity contribution is 7.80. The van der Waals surface area contributed by atoms with Crippen LogP contribution in [0, 0.1) is 6.92 Å². The molecule has 2 aromatic heterocycles. The third-order valence-electron chi connectivity index (χ3n) is 6.06. The van der Waals surface area contributed by atoms with Gasteiger partial charge in [0.05, 0.1) is 5.02 Å². The molecule has 192 valence electrons. The van der Waals surface area contributed by atoms with Crippen molar-refractivity contribution in [1.29, 1.82) is 0 Å². The van der Waals surface area contributed by atoms with Gasteiger partial charge < -0.3 is 14.2 Å². The number of carbonyl (C=O) groups is 1. The van der Waals surface area contributed by atoms with Crippen LogP contribution in [0.3, 0.4) is 0 Å². The van der Waals surface area contributed by atoms with E-state index in [0.717, 1.165) is 22.2 Å². The summed E-state index contributed by atoms with van der Waals surface area (Å²) in [7, 11) is 0. The summed E-state index contributed by atoms with van der Waals surface area (Å²) in [5.74, 6) is 0.940. The van der Waals surface area contributed by atoms with E-state index in [1.807, 2.05) is 37.3 Å². The van der Waals surface area contributed by atoms with Crippen molar-refractivity contribution < 1.29 is 13.6 Å². The van der Waals surface area contributed by atoms with Gasteiger partial charge in [0.2, 0.25) is 5.89 Å². The smallest absolute Gasteiger partial charge is 0.293 e. The molecule has 0 radical (unpaired) electrons. The van der Waals surface area contributed by atoms with Crippen molar-refractivity contribution in [2.24, 2.45) is 0 Å². The molecule has 5 aromatic rings. The summed E-state index contributed by atoms with van der Waals surface area (Å²) in [4.78, 5) is 17.4. The molecule has 0 aliphatic rings. The van der Waals surface area contributed by atoms with Crippen LogP contribution in [0.4, 0.5) is 5.69 Å². The van der Waals surface area contributed by atoms with E-state index in [2.05, 4.69) is 35.5 Å². The normalized spacial score (nSPS) is 11.2. The van der Waals surface area contributed by atoms with Crippen LogP contribution in [0.1, 0.15) is 41.4 Å². The molecule has 0 aliphatic heterocycles. The van der Waals surface area contributed by atoms with Crippen LogP contribution in [-0.2, 0) is 0 Å². The van der Waals surface area contributed by atoms with Gasteiger partial charge >= 0.3 is 0 Å². The first kappa shape index (κ1) is 26.0. The minimum absolute atomic E-state index is 0.0906. The molecule has 0 saturated carbocycles. The second-order valence-electron chi connectivity index (χ2n) is 9.13. The fourth-order valence-corrected chi connectivity index (χ4v) is 4.63. The average molecular weight is 564 g/mol. The molecule has 0 unspecified atom stereocenters. The van der Waals surface area contributed by atoms with Gasteiger partial charge in [0.15, 0.2) is 16.5 Å². The van der Waals surface area contributed by atoms with Crippen molar-refractivity contribution in [3.05, 3.63) is 93.7 Å². The maximum Gasteiger partial charge on any atom is 0.293 e. The molecule has 0 atom stereocenters. The predicted molar refractivity (Wildman–Crippen MR) is 156 cm³/mol. The van der Waals surface area contributed by atoms with Crippen LogP contribution in [-0.4, -0.2) is 16.0 Å². The third-order valence-corrected chi connectivity index (χ3v) is 6.82. The van der Waals surface area contributed by atoms with Crippen LogP contribution in [0.25, 0.3) is 33.9 Å². The van der Waals surface area contributed by atoms with Crippen molar-refractivity contribution >= 4 is 63.2 Å². The lowest BCUT2D eigenvalue weighted by atomic mass is 10.0. The summed E-state index contributed by atoms with van der Waals surface area (Å²) in [5, 5.41) is 6.79. The van der Waals surface area contributed by atoms with E-state index in [1.165, 1.54) is 5.56 Å². The molecule has 2 heterocycles. The quantitative estimate of drug-likeness (QED) is 0.208. The number of halogens is 2. The molecule has 38 heavy (non-hydrogen) atoms. The Kier molecular flexibility index (Phi) is 7.25. The number of hydrogen-bond donors (Lipinski definition) is 2. The van der Waals surface area contributed by atoms with E-state index >= 15 is 0 Å². The summed E-state index contributed by atoms with van der Waals surface area (Å²) >= 11 is 17.6. The monoisotopic (exact) mass is 563 g/mol. The highest BCUT2D eigenvalue weighted by Crippen LogP contribution is 2.32. The fraction of sp³-hybridized carbons (Fsp3) is 0.138. The Hall–Kier alpha value is -3.65. The van der Waals surface area contributed by atoms with Crippen LogP contribution < -0.4 is 10.6 Å². The Morgan fingerprint density at radius 2 is 1.79 bits per heavy atom. The minimum atomic E-state index is -0.493. The lowest BCUT2D eigenvalue weighted by molar-refractivity contribution is 0.0951. The van der Waals surface area contributed by atoms with E-state index in [1.54, 1.807) is 30.3 Å². The third kappa shape index (κ3) is 5.45. The van der Waals surface area contributed by atoms with Crippen LogP contribution in [0.5, 0.6) is 0 Å². The highest BCUT2D eigenvalue weighted by atomic mass is 35.5. The number of hydrogen-bond acceptors (Lipinski definition) is 5. The SMILES string of the molecule is Cc1ccc(-c2nc3cc(C(C)C)ccc3o2)cc1NC(=S)NC(=O)c1ccc(-c2ccc(Cl)cc2Cl)o1. The van der Waals surface area contributed by atoms with Crippen molar-refractivity contribution in [3.63, 3.8) is 0 Å². The molecule has 5 rings (SSSR count). The number of fused-ring (bicyclic) bond motifs is 1. The van der Waals surface area contributed by atoms with Crippen LogP contribution in [0.2, 0.25) is 10.0 Å². The van der Waals surface area contributed by atoms with Crippen molar-refractivity contribution in [2.45, 2.75) is 26.7 Å². The van der Waals surface area contributed by atoms with Gasteiger partial charge in [0.25, 0.3) is 5.91 Å². The van der Waals surface area contributed by atoms with Crippen LogP contribution in [0.15, 0.2) is 75.6 Å². The number of furan rings is 1. The number of oxazole rings is 1. The molecule has 6 nitrogen and oxygen atoms in total. The number of carbonyl (C=O) groups excluding carboxylic acids is 1. The largest absolute Gasteiger partial charge is 0.451 e. The molecule has 0 aliphatic carbocycles. The Bertz CT molecular complexity index is 1690. The van der Waals surface area contributed by atoms with Gasteiger partial charge in [-0.25, -0.2) is 4.98 Å². The number of nitrogens with zero attached hydrogens (tertiary/aromatic N) is 1. The number of thiocarbonyl (C=S) groups is 1. The lowest BCUT2D eigenvalue weighted by Gasteiger charge is -2.12. The van der Waals surface area contributed by atoms with E-state index in [4.69, 9.17) is 44.3 Å². The second-order valence-corrected chi connectivity index (χ2v) is 10.4. The molecule has 2 N–H and O–H groups in total.